The van der Waals surface area contributed by atoms with Gasteiger partial charge < -0.3 is 4.90 Å². The van der Waals surface area contributed by atoms with Gasteiger partial charge in [-0.05, 0) is 43.5 Å². The molecule has 17 heavy (non-hydrogen) atoms. The van der Waals surface area contributed by atoms with Crippen molar-refractivity contribution in [3.05, 3.63) is 35.1 Å². The average molecular weight is 232 g/mol. The van der Waals surface area contributed by atoms with Gasteiger partial charge in [0.25, 0.3) is 0 Å². The van der Waals surface area contributed by atoms with E-state index in [1.807, 2.05) is 13.1 Å². The van der Waals surface area contributed by atoms with Crippen molar-refractivity contribution in [2.75, 3.05) is 13.6 Å². The van der Waals surface area contributed by atoms with E-state index in [4.69, 9.17) is 5.26 Å². The Morgan fingerprint density at radius 2 is 2.24 bits per heavy atom. The Labute approximate surface area is 102 Å². The van der Waals surface area contributed by atoms with Gasteiger partial charge in [-0.3, -0.25) is 0 Å². The van der Waals surface area contributed by atoms with E-state index in [1.165, 1.54) is 18.6 Å². The van der Waals surface area contributed by atoms with Gasteiger partial charge in [-0.15, -0.1) is 0 Å². The summed E-state index contributed by atoms with van der Waals surface area (Å²) in [6.07, 6.45) is 1.28. The van der Waals surface area contributed by atoms with Gasteiger partial charge in [0.15, 0.2) is 0 Å². The topological polar surface area (TPSA) is 27.0 Å². The molecule has 0 saturated heterocycles. The molecule has 1 fully saturated rings. The number of nitriles is 1. The Hall–Kier alpha value is -1.40. The van der Waals surface area contributed by atoms with Crippen LogP contribution >= 0.6 is 0 Å². The maximum absolute atomic E-state index is 13.6. The van der Waals surface area contributed by atoms with Crippen LogP contribution in [0.4, 0.5) is 4.39 Å². The summed E-state index contributed by atoms with van der Waals surface area (Å²) in [6.45, 7) is 3.83. The van der Waals surface area contributed by atoms with Crippen molar-refractivity contribution in [3.63, 3.8) is 0 Å². The van der Waals surface area contributed by atoms with Gasteiger partial charge in [-0.25, -0.2) is 4.39 Å². The maximum atomic E-state index is 13.6. The van der Waals surface area contributed by atoms with Gasteiger partial charge in [0.2, 0.25) is 0 Å². The highest BCUT2D eigenvalue weighted by molar-refractivity contribution is 5.33. The fourth-order valence-electron chi connectivity index (χ4n) is 2.17. The molecule has 1 saturated carbocycles. The summed E-state index contributed by atoms with van der Waals surface area (Å²) >= 11 is 0. The summed E-state index contributed by atoms with van der Waals surface area (Å²) in [6, 6.07) is 6.58. The molecule has 0 radical (unpaired) electrons. The van der Waals surface area contributed by atoms with Crippen LogP contribution in [-0.4, -0.2) is 18.5 Å². The molecule has 2 atom stereocenters. The molecule has 0 N–H and O–H groups in total. The number of benzene rings is 1. The van der Waals surface area contributed by atoms with Crippen molar-refractivity contribution < 1.29 is 4.39 Å². The van der Waals surface area contributed by atoms with E-state index >= 15 is 0 Å². The molecule has 3 heteroatoms. The van der Waals surface area contributed by atoms with Crippen molar-refractivity contribution in [1.82, 2.24) is 4.90 Å². The molecule has 1 aliphatic rings. The highest BCUT2D eigenvalue weighted by atomic mass is 19.1. The zero-order chi connectivity index (χ0) is 12.4. The van der Waals surface area contributed by atoms with Crippen LogP contribution in [0.5, 0.6) is 0 Å². The molecule has 0 aromatic heterocycles. The SMILES string of the molecule is CC1CC1CN(C)Cc1cc(C#N)ccc1F. The lowest BCUT2D eigenvalue weighted by Crippen LogP contribution is -2.21. The Bertz CT molecular complexity index is 450. The molecule has 2 unspecified atom stereocenters. The highest BCUT2D eigenvalue weighted by Gasteiger charge is 2.33. The molecule has 0 amide bonds. The molecule has 1 aromatic rings. The van der Waals surface area contributed by atoms with Gasteiger partial charge in [-0.2, -0.15) is 5.26 Å². The highest BCUT2D eigenvalue weighted by Crippen LogP contribution is 2.38. The normalized spacial score (nSPS) is 22.5. The van der Waals surface area contributed by atoms with Crippen molar-refractivity contribution in [1.29, 1.82) is 5.26 Å². The predicted molar refractivity (Wildman–Crippen MR) is 64.7 cm³/mol. The van der Waals surface area contributed by atoms with Gasteiger partial charge in [-0.1, -0.05) is 6.92 Å². The van der Waals surface area contributed by atoms with Crippen molar-refractivity contribution >= 4 is 0 Å². The van der Waals surface area contributed by atoms with E-state index in [0.29, 0.717) is 17.7 Å². The number of hydrogen-bond acceptors (Lipinski definition) is 2. The van der Waals surface area contributed by atoms with Crippen molar-refractivity contribution in [2.45, 2.75) is 19.9 Å². The minimum absolute atomic E-state index is 0.223. The van der Waals surface area contributed by atoms with Crippen molar-refractivity contribution in [3.8, 4) is 6.07 Å². The zero-order valence-corrected chi connectivity index (χ0v) is 10.3. The first-order valence-electron chi connectivity index (χ1n) is 5.97. The van der Waals surface area contributed by atoms with Crippen LogP contribution in [0.25, 0.3) is 0 Å². The van der Waals surface area contributed by atoms with Crippen LogP contribution in [0.3, 0.4) is 0 Å². The summed E-state index contributed by atoms with van der Waals surface area (Å²) < 4.78 is 13.6. The molecule has 0 aliphatic heterocycles. The summed E-state index contributed by atoms with van der Waals surface area (Å²) in [4.78, 5) is 2.13. The molecule has 1 aromatic carbocycles. The second kappa shape index (κ2) is 4.85. The Kier molecular flexibility index (Phi) is 3.44. The van der Waals surface area contributed by atoms with Gasteiger partial charge >= 0.3 is 0 Å². The fourth-order valence-corrected chi connectivity index (χ4v) is 2.17. The van der Waals surface area contributed by atoms with E-state index in [2.05, 4.69) is 11.8 Å². The molecule has 0 heterocycles. The van der Waals surface area contributed by atoms with Crippen LogP contribution in [0.2, 0.25) is 0 Å². The van der Waals surface area contributed by atoms with E-state index in [0.717, 1.165) is 18.4 Å². The number of nitrogens with zero attached hydrogens (tertiary/aromatic N) is 2. The average Bonchev–Trinajstić information content (AvgIpc) is 2.97. The Morgan fingerprint density at radius 1 is 1.53 bits per heavy atom. The molecular formula is C14H17FN2. The van der Waals surface area contributed by atoms with Crippen LogP contribution in [0, 0.1) is 29.0 Å². The lowest BCUT2D eigenvalue weighted by atomic mass is 10.1. The quantitative estimate of drug-likeness (QED) is 0.798. The van der Waals surface area contributed by atoms with Gasteiger partial charge in [0, 0.05) is 18.7 Å². The number of rotatable bonds is 4. The standard InChI is InChI=1S/C14H17FN2/c1-10-5-12(10)8-17(2)9-13-6-11(7-16)3-4-14(13)15/h3-4,6,10,12H,5,8-9H2,1-2H3. The molecule has 1 aliphatic carbocycles. The zero-order valence-electron chi connectivity index (χ0n) is 10.3. The number of hydrogen-bond donors (Lipinski definition) is 0. The molecular weight excluding hydrogens is 215 g/mol. The monoisotopic (exact) mass is 232 g/mol. The van der Waals surface area contributed by atoms with Crippen LogP contribution in [0.1, 0.15) is 24.5 Å². The largest absolute Gasteiger partial charge is 0.302 e. The summed E-state index contributed by atoms with van der Waals surface area (Å²) in [5.74, 6) is 1.36. The van der Waals surface area contributed by atoms with E-state index in [-0.39, 0.29) is 5.82 Å². The van der Waals surface area contributed by atoms with E-state index in [9.17, 15) is 4.39 Å². The molecule has 0 spiro atoms. The first-order chi connectivity index (χ1) is 8.10. The smallest absolute Gasteiger partial charge is 0.127 e. The summed E-state index contributed by atoms with van der Waals surface area (Å²) in [5.41, 5.74) is 1.13. The van der Waals surface area contributed by atoms with Crippen molar-refractivity contribution in [2.24, 2.45) is 11.8 Å². The second-order valence-corrected chi connectivity index (χ2v) is 5.09. The Balaban J connectivity index is 1.99. The van der Waals surface area contributed by atoms with Crippen LogP contribution in [-0.2, 0) is 6.54 Å². The summed E-state index contributed by atoms with van der Waals surface area (Å²) in [7, 11) is 2.00. The third kappa shape index (κ3) is 3.04. The fraction of sp³-hybridized carbons (Fsp3) is 0.500. The molecule has 2 rings (SSSR count). The van der Waals surface area contributed by atoms with E-state index < -0.39 is 0 Å². The lowest BCUT2D eigenvalue weighted by Gasteiger charge is -2.17. The van der Waals surface area contributed by atoms with Crippen LogP contribution in [0.15, 0.2) is 18.2 Å². The third-order valence-electron chi connectivity index (χ3n) is 3.44. The van der Waals surface area contributed by atoms with Crippen LogP contribution < -0.4 is 0 Å². The Morgan fingerprint density at radius 3 is 2.82 bits per heavy atom. The molecule has 2 nitrogen and oxygen atoms in total. The molecule has 0 bridgehead atoms. The maximum Gasteiger partial charge on any atom is 0.127 e. The molecule has 90 valence electrons. The minimum atomic E-state index is -0.223. The number of halogens is 1. The minimum Gasteiger partial charge on any atom is -0.302 e. The van der Waals surface area contributed by atoms with E-state index in [1.54, 1.807) is 6.07 Å². The lowest BCUT2D eigenvalue weighted by molar-refractivity contribution is 0.303. The predicted octanol–water partition coefficient (Wildman–Crippen LogP) is 2.79. The second-order valence-electron chi connectivity index (χ2n) is 5.09. The first kappa shape index (κ1) is 12.1. The summed E-state index contributed by atoms with van der Waals surface area (Å²) in [5, 5.41) is 8.79. The third-order valence-corrected chi connectivity index (χ3v) is 3.44. The first-order valence-corrected chi connectivity index (χ1v) is 5.97. The van der Waals surface area contributed by atoms with Gasteiger partial charge in [0.1, 0.15) is 5.82 Å². The van der Waals surface area contributed by atoms with Gasteiger partial charge in [0.05, 0.1) is 11.6 Å².